The lowest BCUT2D eigenvalue weighted by atomic mass is 10.2. The van der Waals surface area contributed by atoms with Crippen LogP contribution < -0.4 is 20.1 Å². The number of rotatable bonds is 10. The Bertz CT molecular complexity index is 1100. The van der Waals surface area contributed by atoms with Gasteiger partial charge in [0.1, 0.15) is 11.6 Å². The van der Waals surface area contributed by atoms with Crippen molar-refractivity contribution in [2.24, 2.45) is 0 Å². The van der Waals surface area contributed by atoms with Gasteiger partial charge in [0.25, 0.3) is 0 Å². The molecule has 0 amide bonds. The second-order valence-electron chi connectivity index (χ2n) is 6.94. The zero-order valence-electron chi connectivity index (χ0n) is 17.8. The summed E-state index contributed by atoms with van der Waals surface area (Å²) >= 11 is 0. The van der Waals surface area contributed by atoms with Crippen LogP contribution in [0.4, 0.5) is 17.5 Å². The summed E-state index contributed by atoms with van der Waals surface area (Å²) < 4.78 is 32.8. The van der Waals surface area contributed by atoms with Crippen molar-refractivity contribution in [1.29, 1.82) is 0 Å². The molecule has 0 aliphatic rings. The lowest BCUT2D eigenvalue weighted by molar-refractivity contribution is 0.340. The summed E-state index contributed by atoms with van der Waals surface area (Å²) in [4.78, 5) is 8.99. The highest BCUT2D eigenvalue weighted by molar-refractivity contribution is 7.89. The molecule has 0 unspecified atom stereocenters. The molecule has 1 heterocycles. The number of aryl methyl sites for hydroxylation is 2. The smallest absolute Gasteiger partial charge is 0.240 e. The molecule has 0 radical (unpaired) electrons. The maximum atomic E-state index is 12.4. The van der Waals surface area contributed by atoms with Crippen molar-refractivity contribution in [3.8, 4) is 5.75 Å². The molecule has 1 aromatic heterocycles. The van der Waals surface area contributed by atoms with Crippen molar-refractivity contribution in [2.45, 2.75) is 25.7 Å². The molecule has 0 saturated carbocycles. The number of sulfonamides is 1. The van der Waals surface area contributed by atoms with Crippen LogP contribution in [-0.2, 0) is 10.0 Å². The second kappa shape index (κ2) is 10.2. The van der Waals surface area contributed by atoms with Crippen LogP contribution >= 0.6 is 0 Å². The molecule has 8 nitrogen and oxygen atoms in total. The molecule has 0 aliphatic carbocycles. The second-order valence-corrected chi connectivity index (χ2v) is 8.71. The molecule has 3 N–H and O–H groups in total. The van der Waals surface area contributed by atoms with Gasteiger partial charge in [0.15, 0.2) is 0 Å². The quantitative estimate of drug-likeness (QED) is 0.413. The van der Waals surface area contributed by atoms with Crippen LogP contribution in [0, 0.1) is 13.8 Å². The summed E-state index contributed by atoms with van der Waals surface area (Å²) in [6.45, 7) is 6.84. The van der Waals surface area contributed by atoms with Crippen LogP contribution in [0.15, 0.2) is 59.5 Å². The molecule has 0 bridgehead atoms. The summed E-state index contributed by atoms with van der Waals surface area (Å²) in [5, 5.41) is 6.31. The molecule has 3 rings (SSSR count). The van der Waals surface area contributed by atoms with Gasteiger partial charge in [-0.2, -0.15) is 4.98 Å². The van der Waals surface area contributed by atoms with Crippen molar-refractivity contribution in [3.05, 3.63) is 65.9 Å². The van der Waals surface area contributed by atoms with Crippen molar-refractivity contribution in [3.63, 3.8) is 0 Å². The van der Waals surface area contributed by atoms with E-state index in [1.54, 1.807) is 12.1 Å². The minimum atomic E-state index is -3.61. The Morgan fingerprint density at radius 1 is 0.935 bits per heavy atom. The Morgan fingerprint density at radius 3 is 2.32 bits per heavy atom. The van der Waals surface area contributed by atoms with Gasteiger partial charge in [-0.15, -0.1) is 0 Å². The molecule has 3 aromatic rings. The molecule has 0 aliphatic heterocycles. The normalized spacial score (nSPS) is 11.2. The van der Waals surface area contributed by atoms with Crippen LogP contribution in [-0.4, -0.2) is 38.1 Å². The van der Waals surface area contributed by atoms with Gasteiger partial charge in [0, 0.05) is 30.5 Å². The molecule has 0 saturated heterocycles. The van der Waals surface area contributed by atoms with E-state index in [-0.39, 0.29) is 11.4 Å². The number of ether oxygens (including phenoxy) is 1. The lowest BCUT2D eigenvalue weighted by Gasteiger charge is -2.11. The number of benzene rings is 2. The zero-order chi connectivity index (χ0) is 22.3. The lowest BCUT2D eigenvalue weighted by Crippen LogP contribution is -2.29. The SMILES string of the molecule is CCOc1ccc(S(=O)(=O)NCCNc2nc(C)cc(Nc3ccc(C)cc3)n2)cc1. The standard InChI is InChI=1S/C22H27N5O3S/c1-4-30-19-9-11-20(12-10-19)31(28,29)24-14-13-23-22-25-17(3)15-21(27-22)26-18-7-5-16(2)6-8-18/h5-12,15,24H,4,13-14H2,1-3H3,(H2,23,25,26,27). The van der Waals surface area contributed by atoms with E-state index in [1.165, 1.54) is 17.7 Å². The Labute approximate surface area is 183 Å². The molecule has 164 valence electrons. The number of nitrogens with zero attached hydrogens (tertiary/aromatic N) is 2. The maximum Gasteiger partial charge on any atom is 0.240 e. The third-order valence-corrected chi connectivity index (χ3v) is 5.80. The monoisotopic (exact) mass is 441 g/mol. The highest BCUT2D eigenvalue weighted by atomic mass is 32.2. The summed E-state index contributed by atoms with van der Waals surface area (Å²) in [6, 6.07) is 16.2. The van der Waals surface area contributed by atoms with E-state index in [2.05, 4.69) is 25.3 Å². The minimum absolute atomic E-state index is 0.187. The van der Waals surface area contributed by atoms with Gasteiger partial charge >= 0.3 is 0 Å². The van der Waals surface area contributed by atoms with Gasteiger partial charge in [-0.3, -0.25) is 0 Å². The van der Waals surface area contributed by atoms with Gasteiger partial charge in [-0.1, -0.05) is 17.7 Å². The van der Waals surface area contributed by atoms with Gasteiger partial charge in [-0.25, -0.2) is 18.1 Å². The van der Waals surface area contributed by atoms with Gasteiger partial charge in [-0.05, 0) is 57.2 Å². The molecule has 31 heavy (non-hydrogen) atoms. The molecular formula is C22H27N5O3S. The largest absolute Gasteiger partial charge is 0.494 e. The zero-order valence-corrected chi connectivity index (χ0v) is 18.7. The number of anilines is 3. The average Bonchev–Trinajstić information content (AvgIpc) is 2.73. The highest BCUT2D eigenvalue weighted by Crippen LogP contribution is 2.18. The van der Waals surface area contributed by atoms with Crippen molar-refractivity contribution >= 4 is 27.5 Å². The number of aromatic nitrogens is 2. The van der Waals surface area contributed by atoms with Gasteiger partial charge < -0.3 is 15.4 Å². The molecule has 0 atom stereocenters. The summed E-state index contributed by atoms with van der Waals surface area (Å²) in [6.07, 6.45) is 0. The highest BCUT2D eigenvalue weighted by Gasteiger charge is 2.13. The Morgan fingerprint density at radius 2 is 1.65 bits per heavy atom. The molecule has 0 spiro atoms. The third-order valence-electron chi connectivity index (χ3n) is 4.32. The molecular weight excluding hydrogens is 414 g/mol. The molecule has 9 heteroatoms. The summed E-state index contributed by atoms with van der Waals surface area (Å²) in [5.74, 6) is 1.72. The van der Waals surface area contributed by atoms with E-state index in [1.807, 2.05) is 51.1 Å². The maximum absolute atomic E-state index is 12.4. The molecule has 0 fully saturated rings. The van der Waals surface area contributed by atoms with Crippen LogP contribution in [0.1, 0.15) is 18.2 Å². The number of hydrogen-bond donors (Lipinski definition) is 3. The summed E-state index contributed by atoms with van der Waals surface area (Å²) in [7, 11) is -3.61. The van der Waals surface area contributed by atoms with E-state index in [9.17, 15) is 8.42 Å². The van der Waals surface area contributed by atoms with Gasteiger partial charge in [0.05, 0.1) is 11.5 Å². The fraction of sp³-hybridized carbons (Fsp3) is 0.273. The van der Waals surface area contributed by atoms with Crippen LogP contribution in [0.5, 0.6) is 5.75 Å². The van der Waals surface area contributed by atoms with Crippen LogP contribution in [0.3, 0.4) is 0 Å². The van der Waals surface area contributed by atoms with Crippen molar-refractivity contribution < 1.29 is 13.2 Å². The first-order chi connectivity index (χ1) is 14.9. The number of hydrogen-bond acceptors (Lipinski definition) is 7. The van der Waals surface area contributed by atoms with E-state index < -0.39 is 10.0 Å². The van der Waals surface area contributed by atoms with E-state index in [0.29, 0.717) is 30.7 Å². The first-order valence-corrected chi connectivity index (χ1v) is 11.5. The molecule has 2 aromatic carbocycles. The Balaban J connectivity index is 1.55. The topological polar surface area (TPSA) is 105 Å². The third kappa shape index (κ3) is 6.66. The number of nitrogens with one attached hydrogen (secondary N) is 3. The average molecular weight is 442 g/mol. The van der Waals surface area contributed by atoms with Crippen molar-refractivity contribution in [1.82, 2.24) is 14.7 Å². The fourth-order valence-electron chi connectivity index (χ4n) is 2.82. The van der Waals surface area contributed by atoms with Gasteiger partial charge in [0.2, 0.25) is 16.0 Å². The first-order valence-electron chi connectivity index (χ1n) is 10.0. The fourth-order valence-corrected chi connectivity index (χ4v) is 3.85. The van der Waals surface area contributed by atoms with Crippen molar-refractivity contribution in [2.75, 3.05) is 30.3 Å². The Hall–Kier alpha value is -3.17. The first kappa shape index (κ1) is 22.5. The predicted octanol–water partition coefficient (Wildman–Crippen LogP) is 3.63. The Kier molecular flexibility index (Phi) is 7.43. The van der Waals surface area contributed by atoms with Crippen LogP contribution in [0.2, 0.25) is 0 Å². The minimum Gasteiger partial charge on any atom is -0.494 e. The van der Waals surface area contributed by atoms with E-state index in [0.717, 1.165) is 11.4 Å². The van der Waals surface area contributed by atoms with E-state index in [4.69, 9.17) is 4.74 Å². The summed E-state index contributed by atoms with van der Waals surface area (Å²) in [5.41, 5.74) is 2.90. The van der Waals surface area contributed by atoms with Crippen LogP contribution in [0.25, 0.3) is 0 Å². The predicted molar refractivity (Wildman–Crippen MR) is 123 cm³/mol. The van der Waals surface area contributed by atoms with E-state index >= 15 is 0 Å².